The van der Waals surface area contributed by atoms with E-state index >= 15 is 0 Å². The van der Waals surface area contributed by atoms with E-state index in [1.165, 1.54) is 17.4 Å². The number of hydrogen-bond acceptors (Lipinski definition) is 6. The quantitative estimate of drug-likeness (QED) is 0.514. The Morgan fingerprint density at radius 3 is 2.67 bits per heavy atom. The second-order valence-corrected chi connectivity index (χ2v) is 8.49. The minimum atomic E-state index is -0.368. The van der Waals surface area contributed by atoms with Gasteiger partial charge in [-0.25, -0.2) is 4.68 Å². The molecule has 0 saturated heterocycles. The van der Waals surface area contributed by atoms with Crippen LogP contribution < -0.4 is 10.9 Å². The molecule has 7 nitrogen and oxygen atoms in total. The minimum absolute atomic E-state index is 0.195. The van der Waals surface area contributed by atoms with Crippen molar-refractivity contribution >= 4 is 33.1 Å². The van der Waals surface area contributed by atoms with Gasteiger partial charge in [0.15, 0.2) is 0 Å². The number of nitrogens with one attached hydrogen (secondary N) is 1. The molecule has 0 saturated carbocycles. The zero-order valence-electron chi connectivity index (χ0n) is 16.7. The van der Waals surface area contributed by atoms with Crippen LogP contribution in [0.1, 0.15) is 18.9 Å². The van der Waals surface area contributed by atoms with Crippen molar-refractivity contribution in [3.63, 3.8) is 0 Å². The van der Waals surface area contributed by atoms with E-state index in [0.717, 1.165) is 32.4 Å². The fraction of sp³-hybridized carbons (Fsp3) is 0.227. The molecule has 2 heterocycles. The highest BCUT2D eigenvalue weighted by atomic mass is 32.1. The largest absolute Gasteiger partial charge is 0.299 e. The average Bonchev–Trinajstić information content (AvgIpc) is 3.15. The van der Waals surface area contributed by atoms with Crippen molar-refractivity contribution < 1.29 is 4.79 Å². The molecule has 0 aliphatic rings. The Morgan fingerprint density at radius 2 is 1.87 bits per heavy atom. The molecule has 30 heavy (non-hydrogen) atoms. The molecule has 0 bridgehead atoms. The van der Waals surface area contributed by atoms with Crippen LogP contribution in [-0.4, -0.2) is 25.9 Å². The summed E-state index contributed by atoms with van der Waals surface area (Å²) in [5.74, 6) is 0.0923. The lowest BCUT2D eigenvalue weighted by Gasteiger charge is -2.08. The standard InChI is InChI=1S/C22H21N5O2S/c1-14(2)11-20-24-25-22(30-20)23-19(28)13-27-21(29)10-9-18(26-27)17-8-7-15-5-3-4-6-16(15)12-17/h3-10,12,14H,11,13H2,1-2H3,(H,23,25,28). The Hall–Kier alpha value is -3.39. The summed E-state index contributed by atoms with van der Waals surface area (Å²) in [7, 11) is 0. The van der Waals surface area contributed by atoms with Gasteiger partial charge in [-0.05, 0) is 28.8 Å². The summed E-state index contributed by atoms with van der Waals surface area (Å²) in [6.07, 6.45) is 0.808. The van der Waals surface area contributed by atoms with E-state index in [-0.39, 0.29) is 18.0 Å². The third-order valence-electron chi connectivity index (χ3n) is 4.50. The second-order valence-electron chi connectivity index (χ2n) is 7.42. The SMILES string of the molecule is CC(C)Cc1nnc(NC(=O)Cn2nc(-c3ccc4ccccc4c3)ccc2=O)s1. The normalized spacial score (nSPS) is 11.2. The Morgan fingerprint density at radius 1 is 1.07 bits per heavy atom. The predicted octanol–water partition coefficient (Wildman–Crippen LogP) is 3.75. The van der Waals surface area contributed by atoms with Crippen LogP contribution in [0.2, 0.25) is 0 Å². The number of rotatable bonds is 6. The highest BCUT2D eigenvalue weighted by Crippen LogP contribution is 2.22. The van der Waals surface area contributed by atoms with Crippen molar-refractivity contribution in [3.8, 4) is 11.3 Å². The second kappa shape index (κ2) is 8.54. The highest BCUT2D eigenvalue weighted by Gasteiger charge is 2.12. The molecule has 0 unspecified atom stereocenters. The van der Waals surface area contributed by atoms with E-state index < -0.39 is 0 Å². The predicted molar refractivity (Wildman–Crippen MR) is 119 cm³/mol. The van der Waals surface area contributed by atoms with Crippen molar-refractivity contribution in [1.29, 1.82) is 0 Å². The third-order valence-corrected chi connectivity index (χ3v) is 5.36. The highest BCUT2D eigenvalue weighted by molar-refractivity contribution is 7.15. The van der Waals surface area contributed by atoms with Gasteiger partial charge in [0, 0.05) is 18.1 Å². The van der Waals surface area contributed by atoms with E-state index in [1.54, 1.807) is 6.07 Å². The van der Waals surface area contributed by atoms with Gasteiger partial charge in [-0.1, -0.05) is 61.6 Å². The lowest BCUT2D eigenvalue weighted by Crippen LogP contribution is -2.29. The molecule has 0 aliphatic carbocycles. The molecule has 0 fully saturated rings. The van der Waals surface area contributed by atoms with Crippen LogP contribution >= 0.6 is 11.3 Å². The molecular formula is C22H21N5O2S. The van der Waals surface area contributed by atoms with Crippen molar-refractivity contribution in [2.45, 2.75) is 26.8 Å². The van der Waals surface area contributed by atoms with Gasteiger partial charge in [0.05, 0.1) is 5.69 Å². The van der Waals surface area contributed by atoms with E-state index in [4.69, 9.17) is 0 Å². The average molecular weight is 420 g/mol. The van der Waals surface area contributed by atoms with Crippen LogP contribution in [0.25, 0.3) is 22.0 Å². The number of carbonyl (C=O) groups is 1. The topological polar surface area (TPSA) is 89.8 Å². The molecule has 0 atom stereocenters. The zero-order valence-corrected chi connectivity index (χ0v) is 17.5. The van der Waals surface area contributed by atoms with E-state index in [0.29, 0.717) is 16.7 Å². The van der Waals surface area contributed by atoms with Crippen LogP contribution in [0.5, 0.6) is 0 Å². The van der Waals surface area contributed by atoms with Crippen molar-refractivity contribution in [2.75, 3.05) is 5.32 Å². The molecular weight excluding hydrogens is 398 g/mol. The van der Waals surface area contributed by atoms with Gasteiger partial charge in [-0.15, -0.1) is 10.2 Å². The lowest BCUT2D eigenvalue weighted by atomic mass is 10.1. The fourth-order valence-corrected chi connectivity index (χ4v) is 4.06. The number of nitrogens with zero attached hydrogens (tertiary/aromatic N) is 4. The van der Waals surface area contributed by atoms with Gasteiger partial charge in [-0.2, -0.15) is 5.10 Å². The first kappa shape index (κ1) is 19.9. The molecule has 0 aliphatic heterocycles. The molecule has 4 rings (SSSR count). The molecule has 0 spiro atoms. The van der Waals surface area contributed by atoms with Gasteiger partial charge in [-0.3, -0.25) is 14.9 Å². The summed E-state index contributed by atoms with van der Waals surface area (Å²) < 4.78 is 1.16. The lowest BCUT2D eigenvalue weighted by molar-refractivity contribution is -0.117. The van der Waals surface area contributed by atoms with Crippen LogP contribution in [0.4, 0.5) is 5.13 Å². The molecule has 1 amide bonds. The Balaban J connectivity index is 1.52. The van der Waals surface area contributed by atoms with Crippen molar-refractivity contribution in [1.82, 2.24) is 20.0 Å². The maximum absolute atomic E-state index is 12.4. The van der Waals surface area contributed by atoms with Gasteiger partial charge >= 0.3 is 0 Å². The first-order valence-corrected chi connectivity index (χ1v) is 10.5. The molecule has 4 aromatic rings. The molecule has 2 aromatic carbocycles. The van der Waals surface area contributed by atoms with E-state index in [9.17, 15) is 9.59 Å². The molecule has 152 valence electrons. The fourth-order valence-electron chi connectivity index (χ4n) is 3.10. The van der Waals surface area contributed by atoms with Gasteiger partial charge in [0.2, 0.25) is 11.0 Å². The number of hydrogen-bond donors (Lipinski definition) is 1. The van der Waals surface area contributed by atoms with Crippen LogP contribution in [-0.2, 0) is 17.8 Å². The Labute approximate surface area is 177 Å². The zero-order chi connectivity index (χ0) is 21.1. The smallest absolute Gasteiger partial charge is 0.267 e. The maximum Gasteiger partial charge on any atom is 0.267 e. The Kier molecular flexibility index (Phi) is 5.67. The summed E-state index contributed by atoms with van der Waals surface area (Å²) in [4.78, 5) is 24.6. The number of aromatic nitrogens is 4. The van der Waals surface area contributed by atoms with Crippen molar-refractivity contribution in [3.05, 3.63) is 70.0 Å². The summed E-state index contributed by atoms with van der Waals surface area (Å²) in [6, 6.07) is 17.1. The number of benzene rings is 2. The maximum atomic E-state index is 12.4. The van der Waals surface area contributed by atoms with Crippen molar-refractivity contribution in [2.24, 2.45) is 5.92 Å². The first-order chi connectivity index (χ1) is 14.5. The van der Waals surface area contributed by atoms with Crippen LogP contribution in [0.15, 0.2) is 59.4 Å². The monoisotopic (exact) mass is 419 g/mol. The van der Waals surface area contributed by atoms with Gasteiger partial charge < -0.3 is 0 Å². The molecule has 0 radical (unpaired) electrons. The van der Waals surface area contributed by atoms with Gasteiger partial charge in [0.25, 0.3) is 5.56 Å². The molecule has 8 heteroatoms. The number of amides is 1. The van der Waals surface area contributed by atoms with Gasteiger partial charge in [0.1, 0.15) is 11.6 Å². The summed E-state index contributed by atoms with van der Waals surface area (Å²) >= 11 is 1.34. The number of carbonyl (C=O) groups excluding carboxylic acids is 1. The summed E-state index contributed by atoms with van der Waals surface area (Å²) in [5.41, 5.74) is 1.17. The van der Waals surface area contributed by atoms with Crippen LogP contribution in [0.3, 0.4) is 0 Å². The Bertz CT molecular complexity index is 1260. The van der Waals surface area contributed by atoms with E-state index in [1.807, 2.05) is 42.5 Å². The van der Waals surface area contributed by atoms with E-state index in [2.05, 4.69) is 34.5 Å². The summed E-state index contributed by atoms with van der Waals surface area (Å²) in [5, 5.41) is 18.7. The minimum Gasteiger partial charge on any atom is -0.299 e. The number of anilines is 1. The molecule has 2 aromatic heterocycles. The van der Waals surface area contributed by atoms with Crippen LogP contribution in [0, 0.1) is 5.92 Å². The first-order valence-electron chi connectivity index (χ1n) is 9.67. The third kappa shape index (κ3) is 4.60. The molecule has 1 N–H and O–H groups in total. The number of fused-ring (bicyclic) bond motifs is 1. The summed E-state index contributed by atoms with van der Waals surface area (Å²) in [6.45, 7) is 4.00.